The number of amides is 1. The number of hydrogen-bond acceptors (Lipinski definition) is 7. The molecule has 1 fully saturated rings. The number of thiazole rings is 1. The van der Waals surface area contributed by atoms with Gasteiger partial charge >= 0.3 is 5.97 Å². The second-order valence-corrected chi connectivity index (χ2v) is 10.4. The zero-order valence-corrected chi connectivity index (χ0v) is 22.2. The van der Waals surface area contributed by atoms with Gasteiger partial charge in [0, 0.05) is 25.2 Å². The van der Waals surface area contributed by atoms with Crippen molar-refractivity contribution >= 4 is 50.2 Å². The number of carboxylic acids is 1. The van der Waals surface area contributed by atoms with Gasteiger partial charge in [-0.05, 0) is 37.9 Å². The van der Waals surface area contributed by atoms with Gasteiger partial charge in [-0.2, -0.15) is 0 Å². The summed E-state index contributed by atoms with van der Waals surface area (Å²) < 4.78 is 0.681. The van der Waals surface area contributed by atoms with Gasteiger partial charge in [0.25, 0.3) is 5.91 Å². The van der Waals surface area contributed by atoms with Gasteiger partial charge in [0.1, 0.15) is 0 Å². The maximum atomic E-state index is 13.0. The molecular formula is C25H33ClN6O3S. The monoisotopic (exact) mass is 532 g/mol. The van der Waals surface area contributed by atoms with Crippen molar-refractivity contribution in [2.75, 3.05) is 24.5 Å². The Labute approximate surface area is 219 Å². The van der Waals surface area contributed by atoms with Crippen LogP contribution < -0.4 is 15.5 Å². The van der Waals surface area contributed by atoms with Crippen LogP contribution in [-0.4, -0.2) is 63.7 Å². The molecule has 1 aliphatic rings. The van der Waals surface area contributed by atoms with Gasteiger partial charge in [0.05, 0.1) is 21.5 Å². The highest BCUT2D eigenvalue weighted by Gasteiger charge is 2.32. The Morgan fingerprint density at radius 2 is 2.06 bits per heavy atom. The van der Waals surface area contributed by atoms with Crippen LogP contribution in [0.15, 0.2) is 18.2 Å². The van der Waals surface area contributed by atoms with Gasteiger partial charge in [-0.25, -0.2) is 14.8 Å². The van der Waals surface area contributed by atoms with Crippen LogP contribution in [0, 0.1) is 0 Å². The van der Waals surface area contributed by atoms with Crippen molar-refractivity contribution in [2.45, 2.75) is 64.5 Å². The average molecular weight is 533 g/mol. The predicted molar refractivity (Wildman–Crippen MR) is 144 cm³/mol. The molecule has 3 aromatic rings. The molecule has 0 unspecified atom stereocenters. The third-order valence-electron chi connectivity index (χ3n) is 6.57. The predicted octanol–water partition coefficient (Wildman–Crippen LogP) is 4.48. The number of hydrogen-bond donors (Lipinski definition) is 4. The number of aromatic nitrogens is 3. The van der Waals surface area contributed by atoms with E-state index < -0.39 is 5.97 Å². The molecule has 194 valence electrons. The van der Waals surface area contributed by atoms with Gasteiger partial charge in [-0.3, -0.25) is 4.79 Å². The quantitative estimate of drug-likeness (QED) is 0.268. The summed E-state index contributed by atoms with van der Waals surface area (Å²) in [5.74, 6) is -0.986. The third kappa shape index (κ3) is 5.99. The number of piperidine rings is 1. The molecule has 1 aliphatic heterocycles. The number of carboxylic acid groups (broad SMARTS) is 1. The van der Waals surface area contributed by atoms with Gasteiger partial charge in [-0.15, -0.1) is 0 Å². The van der Waals surface area contributed by atoms with Crippen molar-refractivity contribution in [1.82, 2.24) is 25.6 Å². The third-order valence-corrected chi connectivity index (χ3v) is 8.05. The number of unbranched alkanes of at least 4 members (excludes halogenated alkanes) is 3. The normalized spacial score (nSPS) is 18.0. The van der Waals surface area contributed by atoms with Crippen LogP contribution in [-0.2, 0) is 6.42 Å². The zero-order chi connectivity index (χ0) is 25.7. The highest BCUT2D eigenvalue weighted by atomic mass is 35.5. The van der Waals surface area contributed by atoms with Crippen molar-refractivity contribution < 1.29 is 14.7 Å². The van der Waals surface area contributed by atoms with Gasteiger partial charge in [0.15, 0.2) is 16.1 Å². The minimum atomic E-state index is -0.951. The molecule has 3 heterocycles. The Hall–Kier alpha value is -2.69. The summed E-state index contributed by atoms with van der Waals surface area (Å²) in [6, 6.07) is 5.10. The van der Waals surface area contributed by atoms with Crippen molar-refractivity contribution in [3.8, 4) is 0 Å². The molecule has 2 atom stereocenters. The standard InChI is InChI=1S/C25H33ClN6O3S/c1-3-5-6-7-12-27-19-14-32(25-30-18-10-8-9-15(24(34)35)20(18)36-25)13-11-17(19)29-23(33)22-28-16(4-2)21(26)31-22/h8-10,17,19,27H,3-7,11-14H2,1-2H3,(H,28,31)(H,29,33)(H,34,35)/t17-,19+/m0/s1. The molecule has 4 rings (SSSR count). The largest absolute Gasteiger partial charge is 0.478 e. The molecule has 2 aromatic heterocycles. The summed E-state index contributed by atoms with van der Waals surface area (Å²) in [6.07, 6.45) is 6.01. The molecular weight excluding hydrogens is 500 g/mol. The molecule has 36 heavy (non-hydrogen) atoms. The van der Waals surface area contributed by atoms with E-state index in [4.69, 9.17) is 16.6 Å². The molecule has 0 spiro atoms. The summed E-state index contributed by atoms with van der Waals surface area (Å²) in [4.78, 5) is 38.7. The smallest absolute Gasteiger partial charge is 0.337 e. The number of carbonyl (C=O) groups excluding carboxylic acids is 1. The van der Waals surface area contributed by atoms with Crippen LogP contribution >= 0.6 is 22.9 Å². The number of anilines is 1. The first-order chi connectivity index (χ1) is 17.4. The number of fused-ring (bicyclic) bond motifs is 1. The Kier molecular flexibility index (Phi) is 8.81. The fourth-order valence-electron chi connectivity index (χ4n) is 4.55. The van der Waals surface area contributed by atoms with Crippen LogP contribution in [0.2, 0.25) is 5.15 Å². The molecule has 1 saturated heterocycles. The van der Waals surface area contributed by atoms with E-state index in [9.17, 15) is 14.7 Å². The van der Waals surface area contributed by atoms with E-state index in [1.54, 1.807) is 12.1 Å². The van der Waals surface area contributed by atoms with E-state index in [0.717, 1.165) is 36.6 Å². The van der Waals surface area contributed by atoms with Crippen LogP contribution in [0.1, 0.15) is 72.6 Å². The second kappa shape index (κ2) is 12.0. The Bertz CT molecular complexity index is 1210. The summed E-state index contributed by atoms with van der Waals surface area (Å²) in [5, 5.41) is 17.5. The van der Waals surface area contributed by atoms with E-state index in [2.05, 4.69) is 32.4 Å². The molecule has 9 nitrogen and oxygen atoms in total. The maximum Gasteiger partial charge on any atom is 0.337 e. The zero-order valence-electron chi connectivity index (χ0n) is 20.6. The maximum absolute atomic E-state index is 13.0. The number of aromatic amines is 1. The number of H-pyrrole nitrogens is 1. The number of aromatic carboxylic acids is 1. The molecule has 4 N–H and O–H groups in total. The van der Waals surface area contributed by atoms with Gasteiger partial charge in [-0.1, -0.05) is 62.1 Å². The lowest BCUT2D eigenvalue weighted by molar-refractivity contribution is 0.0699. The summed E-state index contributed by atoms with van der Waals surface area (Å²) >= 11 is 7.54. The number of aryl methyl sites for hydroxylation is 1. The van der Waals surface area contributed by atoms with Crippen molar-refractivity contribution in [2.24, 2.45) is 0 Å². The van der Waals surface area contributed by atoms with E-state index >= 15 is 0 Å². The Morgan fingerprint density at radius 1 is 1.22 bits per heavy atom. The fourth-order valence-corrected chi connectivity index (χ4v) is 5.92. The first-order valence-electron chi connectivity index (χ1n) is 12.6. The van der Waals surface area contributed by atoms with E-state index in [0.29, 0.717) is 34.9 Å². The SMILES string of the molecule is CCCCCCN[C@@H]1CN(c2nc3cccc(C(=O)O)c3s2)CC[C@@H]1NC(=O)c1nc(Cl)c(CC)[nH]1. The van der Waals surface area contributed by atoms with Gasteiger partial charge < -0.3 is 25.6 Å². The van der Waals surface area contributed by atoms with Gasteiger partial charge in [0.2, 0.25) is 0 Å². The van der Waals surface area contributed by atoms with E-state index in [1.807, 2.05) is 13.0 Å². The number of imidazole rings is 1. The number of nitrogens with one attached hydrogen (secondary N) is 3. The second-order valence-electron chi connectivity index (χ2n) is 9.10. The molecule has 0 bridgehead atoms. The number of rotatable bonds is 11. The Balaban J connectivity index is 1.49. The van der Waals surface area contributed by atoms with Crippen molar-refractivity contribution in [3.63, 3.8) is 0 Å². The van der Waals surface area contributed by atoms with Crippen LogP contribution in [0.25, 0.3) is 10.2 Å². The lowest BCUT2D eigenvalue weighted by atomic mass is 9.99. The summed E-state index contributed by atoms with van der Waals surface area (Å²) in [7, 11) is 0. The van der Waals surface area contributed by atoms with Crippen molar-refractivity contribution in [1.29, 1.82) is 0 Å². The number of halogens is 1. The molecule has 0 radical (unpaired) electrons. The number of nitrogens with zero attached hydrogens (tertiary/aromatic N) is 3. The topological polar surface area (TPSA) is 123 Å². The molecule has 0 saturated carbocycles. The van der Waals surface area contributed by atoms with E-state index in [1.165, 1.54) is 24.2 Å². The molecule has 1 amide bonds. The first kappa shape index (κ1) is 26.4. The highest BCUT2D eigenvalue weighted by Crippen LogP contribution is 2.33. The van der Waals surface area contributed by atoms with Crippen LogP contribution in [0.4, 0.5) is 5.13 Å². The lowest BCUT2D eigenvalue weighted by Gasteiger charge is -2.39. The minimum Gasteiger partial charge on any atom is -0.478 e. The lowest BCUT2D eigenvalue weighted by Crippen LogP contribution is -2.59. The Morgan fingerprint density at radius 3 is 2.78 bits per heavy atom. The first-order valence-corrected chi connectivity index (χ1v) is 13.8. The number of carbonyl (C=O) groups is 2. The van der Waals surface area contributed by atoms with E-state index in [-0.39, 0.29) is 29.4 Å². The van der Waals surface area contributed by atoms with Crippen LogP contribution in [0.5, 0.6) is 0 Å². The summed E-state index contributed by atoms with van der Waals surface area (Å²) in [5.41, 5.74) is 1.71. The average Bonchev–Trinajstić information content (AvgIpc) is 3.47. The minimum absolute atomic E-state index is 0.00589. The molecule has 0 aliphatic carbocycles. The fraction of sp³-hybridized carbons (Fsp3) is 0.520. The highest BCUT2D eigenvalue weighted by molar-refractivity contribution is 7.22. The van der Waals surface area contributed by atoms with Crippen molar-refractivity contribution in [3.05, 3.63) is 40.4 Å². The molecule has 1 aromatic carbocycles. The molecule has 11 heteroatoms. The summed E-state index contributed by atoms with van der Waals surface area (Å²) in [6.45, 7) is 6.36. The van der Waals surface area contributed by atoms with Crippen LogP contribution in [0.3, 0.4) is 0 Å². The number of benzene rings is 1.